The molecule has 0 spiro atoms. The Labute approximate surface area is 108 Å². The van der Waals surface area contributed by atoms with Crippen LogP contribution < -0.4 is 10.1 Å². The van der Waals surface area contributed by atoms with E-state index >= 15 is 0 Å². The molecule has 0 aliphatic heterocycles. The van der Waals surface area contributed by atoms with Gasteiger partial charge in [-0.25, -0.2) is 4.98 Å². The Kier molecular flexibility index (Phi) is 4.19. The summed E-state index contributed by atoms with van der Waals surface area (Å²) in [7, 11) is 0. The van der Waals surface area contributed by atoms with Gasteiger partial charge in [0.1, 0.15) is 4.88 Å². The minimum Gasteiger partial charge on any atom is -0.478 e. The summed E-state index contributed by atoms with van der Waals surface area (Å²) in [5.74, 6) is 0.346. The number of hydrogen-bond acceptors (Lipinski definition) is 6. The monoisotopic (exact) mass is 264 g/mol. The molecule has 2 aromatic rings. The second kappa shape index (κ2) is 6.06. The van der Waals surface area contributed by atoms with Gasteiger partial charge in [0, 0.05) is 18.3 Å². The largest absolute Gasteiger partial charge is 0.478 e. The van der Waals surface area contributed by atoms with Crippen LogP contribution in [0, 0.1) is 0 Å². The van der Waals surface area contributed by atoms with E-state index in [1.54, 1.807) is 12.3 Å². The van der Waals surface area contributed by atoms with Gasteiger partial charge in [-0.1, -0.05) is 10.6 Å². The van der Waals surface area contributed by atoms with Crippen LogP contribution in [0.25, 0.3) is 0 Å². The molecule has 0 aliphatic carbocycles. The van der Waals surface area contributed by atoms with Crippen LogP contribution in [0.1, 0.15) is 22.2 Å². The standard InChI is InChI=1S/C11H12N4O2S/c1-2-17-11-8(4-3-5-12-11)6-13-10(16)9-7-14-15-18-9/h3-5,7H,2,6H2,1H3,(H,13,16). The Bertz CT molecular complexity index is 516. The molecular weight excluding hydrogens is 252 g/mol. The lowest BCUT2D eigenvalue weighted by Gasteiger charge is -2.08. The molecule has 6 nitrogen and oxygen atoms in total. The van der Waals surface area contributed by atoms with E-state index in [-0.39, 0.29) is 5.91 Å². The molecule has 0 fully saturated rings. The molecule has 0 saturated carbocycles. The highest BCUT2D eigenvalue weighted by atomic mass is 32.1. The average Bonchev–Trinajstić information content (AvgIpc) is 2.92. The molecule has 18 heavy (non-hydrogen) atoms. The van der Waals surface area contributed by atoms with E-state index in [0.717, 1.165) is 17.1 Å². The highest BCUT2D eigenvalue weighted by Crippen LogP contribution is 2.14. The summed E-state index contributed by atoms with van der Waals surface area (Å²) in [5.41, 5.74) is 0.838. The zero-order chi connectivity index (χ0) is 12.8. The van der Waals surface area contributed by atoms with Crippen molar-refractivity contribution in [3.05, 3.63) is 35.0 Å². The lowest BCUT2D eigenvalue weighted by Crippen LogP contribution is -2.22. The van der Waals surface area contributed by atoms with Gasteiger partial charge in [0.05, 0.1) is 12.8 Å². The summed E-state index contributed by atoms with van der Waals surface area (Å²) >= 11 is 1.06. The molecule has 0 aromatic carbocycles. The van der Waals surface area contributed by atoms with Crippen LogP contribution >= 0.6 is 11.5 Å². The smallest absolute Gasteiger partial charge is 0.264 e. The van der Waals surface area contributed by atoms with Crippen LogP contribution in [0.5, 0.6) is 5.88 Å². The number of nitrogens with zero attached hydrogens (tertiary/aromatic N) is 3. The van der Waals surface area contributed by atoms with E-state index in [9.17, 15) is 4.79 Å². The van der Waals surface area contributed by atoms with Crippen LogP contribution in [0.2, 0.25) is 0 Å². The Morgan fingerprint density at radius 2 is 2.44 bits per heavy atom. The molecular formula is C11H12N4O2S. The van der Waals surface area contributed by atoms with Gasteiger partial charge in [-0.05, 0) is 24.5 Å². The molecule has 2 aromatic heterocycles. The van der Waals surface area contributed by atoms with E-state index in [2.05, 4.69) is 19.9 Å². The fourth-order valence-electron chi connectivity index (χ4n) is 1.36. The van der Waals surface area contributed by atoms with Crippen molar-refractivity contribution < 1.29 is 9.53 Å². The van der Waals surface area contributed by atoms with Gasteiger partial charge in [0.15, 0.2) is 0 Å². The van der Waals surface area contributed by atoms with Gasteiger partial charge in [-0.15, -0.1) is 5.10 Å². The molecule has 0 aliphatic rings. The molecule has 2 rings (SSSR count). The number of carbonyl (C=O) groups is 1. The summed E-state index contributed by atoms with van der Waals surface area (Å²) in [6.45, 7) is 2.79. The van der Waals surface area contributed by atoms with Gasteiger partial charge >= 0.3 is 0 Å². The first kappa shape index (κ1) is 12.4. The number of pyridine rings is 1. The summed E-state index contributed by atoms with van der Waals surface area (Å²) in [6, 6.07) is 3.67. The molecule has 0 saturated heterocycles. The molecule has 1 amide bonds. The third-order valence-electron chi connectivity index (χ3n) is 2.16. The van der Waals surface area contributed by atoms with Crippen molar-refractivity contribution in [1.29, 1.82) is 0 Å². The average molecular weight is 264 g/mol. The third-order valence-corrected chi connectivity index (χ3v) is 2.82. The molecule has 0 radical (unpaired) electrons. The number of amides is 1. The normalized spacial score (nSPS) is 10.1. The predicted octanol–water partition coefficient (Wildman–Crippen LogP) is 1.26. The van der Waals surface area contributed by atoms with Crippen LogP contribution in [0.15, 0.2) is 24.5 Å². The topological polar surface area (TPSA) is 77.0 Å². The minimum absolute atomic E-state index is 0.198. The Morgan fingerprint density at radius 1 is 1.56 bits per heavy atom. The highest BCUT2D eigenvalue weighted by molar-refractivity contribution is 7.07. The summed E-state index contributed by atoms with van der Waals surface area (Å²) in [5, 5.41) is 6.39. The lowest BCUT2D eigenvalue weighted by atomic mass is 10.2. The van der Waals surface area contributed by atoms with Crippen molar-refractivity contribution in [3.63, 3.8) is 0 Å². The van der Waals surface area contributed by atoms with Crippen molar-refractivity contribution in [3.8, 4) is 5.88 Å². The maximum Gasteiger partial charge on any atom is 0.264 e. The van der Waals surface area contributed by atoms with E-state index in [1.807, 2.05) is 13.0 Å². The van der Waals surface area contributed by atoms with Crippen molar-refractivity contribution in [2.75, 3.05) is 6.61 Å². The fraction of sp³-hybridized carbons (Fsp3) is 0.273. The fourth-order valence-corrected chi connectivity index (χ4v) is 1.79. The van der Waals surface area contributed by atoms with E-state index in [0.29, 0.717) is 23.9 Å². The Hall–Kier alpha value is -2.02. The maximum absolute atomic E-state index is 11.7. The summed E-state index contributed by atoms with van der Waals surface area (Å²) in [4.78, 5) is 16.3. The summed E-state index contributed by atoms with van der Waals surface area (Å²) < 4.78 is 9.01. The van der Waals surface area contributed by atoms with Crippen LogP contribution in [0.4, 0.5) is 0 Å². The number of aromatic nitrogens is 3. The molecule has 0 bridgehead atoms. The first-order valence-corrected chi connectivity index (χ1v) is 6.21. The quantitative estimate of drug-likeness (QED) is 0.879. The van der Waals surface area contributed by atoms with Gasteiger partial charge in [0.25, 0.3) is 5.91 Å². The van der Waals surface area contributed by atoms with Gasteiger partial charge in [-0.3, -0.25) is 4.79 Å². The number of carbonyl (C=O) groups excluding carboxylic acids is 1. The van der Waals surface area contributed by atoms with Gasteiger partial charge in [-0.2, -0.15) is 0 Å². The second-order valence-electron chi connectivity index (χ2n) is 3.37. The third kappa shape index (κ3) is 3.01. The lowest BCUT2D eigenvalue weighted by molar-refractivity contribution is 0.0954. The van der Waals surface area contributed by atoms with Crippen molar-refractivity contribution >= 4 is 17.4 Å². The molecule has 0 atom stereocenters. The Balaban J connectivity index is 2.00. The van der Waals surface area contributed by atoms with Crippen molar-refractivity contribution in [2.24, 2.45) is 0 Å². The number of ether oxygens (including phenoxy) is 1. The first-order chi connectivity index (χ1) is 8.81. The number of rotatable bonds is 5. The van der Waals surface area contributed by atoms with Crippen LogP contribution in [-0.2, 0) is 6.54 Å². The first-order valence-electron chi connectivity index (χ1n) is 5.43. The SMILES string of the molecule is CCOc1ncccc1CNC(=O)c1cnns1. The predicted molar refractivity (Wildman–Crippen MR) is 66.5 cm³/mol. The summed E-state index contributed by atoms with van der Waals surface area (Å²) in [6.07, 6.45) is 3.09. The van der Waals surface area contributed by atoms with Gasteiger partial charge in [0.2, 0.25) is 5.88 Å². The van der Waals surface area contributed by atoms with E-state index < -0.39 is 0 Å². The van der Waals surface area contributed by atoms with Crippen LogP contribution in [-0.4, -0.2) is 27.1 Å². The highest BCUT2D eigenvalue weighted by Gasteiger charge is 2.10. The van der Waals surface area contributed by atoms with Crippen LogP contribution in [0.3, 0.4) is 0 Å². The Morgan fingerprint density at radius 3 is 3.17 bits per heavy atom. The molecule has 1 N–H and O–H groups in total. The molecule has 7 heteroatoms. The number of nitrogens with one attached hydrogen (secondary N) is 1. The van der Waals surface area contributed by atoms with E-state index in [1.165, 1.54) is 6.20 Å². The maximum atomic E-state index is 11.7. The zero-order valence-corrected chi connectivity index (χ0v) is 10.6. The van der Waals surface area contributed by atoms with E-state index in [4.69, 9.17) is 4.74 Å². The van der Waals surface area contributed by atoms with Crippen molar-refractivity contribution in [1.82, 2.24) is 19.9 Å². The van der Waals surface area contributed by atoms with Gasteiger partial charge < -0.3 is 10.1 Å². The van der Waals surface area contributed by atoms with Crippen molar-refractivity contribution in [2.45, 2.75) is 13.5 Å². The molecule has 0 unspecified atom stereocenters. The second-order valence-corrected chi connectivity index (χ2v) is 4.15. The minimum atomic E-state index is -0.198. The molecule has 2 heterocycles. The molecule has 94 valence electrons. The number of hydrogen-bond donors (Lipinski definition) is 1. The zero-order valence-electron chi connectivity index (χ0n) is 9.79.